The summed E-state index contributed by atoms with van der Waals surface area (Å²) < 4.78 is 1.93. The van der Waals surface area contributed by atoms with E-state index in [2.05, 4.69) is 23.3 Å². The molecule has 19 heavy (non-hydrogen) atoms. The molecule has 2 N–H and O–H groups in total. The SMILES string of the molecule is CC(CCO)CNCc1cnc2ccc(C#N)cn12. The van der Waals surface area contributed by atoms with E-state index in [1.807, 2.05) is 16.7 Å². The lowest BCUT2D eigenvalue weighted by Crippen LogP contribution is -2.22. The summed E-state index contributed by atoms with van der Waals surface area (Å²) >= 11 is 0. The van der Waals surface area contributed by atoms with E-state index in [-0.39, 0.29) is 6.61 Å². The van der Waals surface area contributed by atoms with Crippen molar-refractivity contribution in [2.24, 2.45) is 5.92 Å². The van der Waals surface area contributed by atoms with Crippen molar-refractivity contribution in [3.05, 3.63) is 35.8 Å². The largest absolute Gasteiger partial charge is 0.396 e. The summed E-state index contributed by atoms with van der Waals surface area (Å²) in [5, 5.41) is 21.1. The molecule has 0 bridgehead atoms. The van der Waals surface area contributed by atoms with Crippen LogP contribution in [0.25, 0.3) is 5.65 Å². The second-order valence-electron chi connectivity index (χ2n) is 4.76. The predicted octanol–water partition coefficient (Wildman–Crippen LogP) is 1.31. The molecule has 5 heteroatoms. The van der Waals surface area contributed by atoms with Crippen molar-refractivity contribution in [3.63, 3.8) is 0 Å². The smallest absolute Gasteiger partial charge is 0.137 e. The van der Waals surface area contributed by atoms with Crippen molar-refractivity contribution in [2.75, 3.05) is 13.2 Å². The zero-order valence-corrected chi connectivity index (χ0v) is 11.0. The molecular weight excluding hydrogens is 240 g/mol. The van der Waals surface area contributed by atoms with Crippen LogP contribution in [-0.4, -0.2) is 27.6 Å². The number of rotatable bonds is 6. The summed E-state index contributed by atoms with van der Waals surface area (Å²) in [6.07, 6.45) is 4.43. The highest BCUT2D eigenvalue weighted by Gasteiger charge is 2.05. The average molecular weight is 258 g/mol. The Morgan fingerprint density at radius 2 is 2.37 bits per heavy atom. The summed E-state index contributed by atoms with van der Waals surface area (Å²) in [5.74, 6) is 0.443. The van der Waals surface area contributed by atoms with Crippen LogP contribution < -0.4 is 5.32 Å². The molecule has 1 atom stereocenters. The van der Waals surface area contributed by atoms with Gasteiger partial charge in [0.2, 0.25) is 0 Å². The molecule has 0 amide bonds. The van der Waals surface area contributed by atoms with E-state index < -0.39 is 0 Å². The number of imidazole rings is 1. The molecule has 0 aliphatic rings. The first-order valence-electron chi connectivity index (χ1n) is 6.42. The van der Waals surface area contributed by atoms with Crippen LogP contribution in [0.5, 0.6) is 0 Å². The topological polar surface area (TPSA) is 73.3 Å². The lowest BCUT2D eigenvalue weighted by atomic mass is 10.1. The van der Waals surface area contributed by atoms with Gasteiger partial charge in [-0.3, -0.25) is 0 Å². The highest BCUT2D eigenvalue weighted by Crippen LogP contribution is 2.09. The fourth-order valence-corrected chi connectivity index (χ4v) is 2.00. The zero-order chi connectivity index (χ0) is 13.7. The molecule has 5 nitrogen and oxygen atoms in total. The number of pyridine rings is 1. The molecule has 0 spiro atoms. The molecule has 2 heterocycles. The molecule has 0 aromatic carbocycles. The van der Waals surface area contributed by atoms with E-state index in [1.165, 1.54) is 0 Å². The Balaban J connectivity index is 2.03. The number of aliphatic hydroxyl groups excluding tert-OH is 1. The van der Waals surface area contributed by atoms with Crippen LogP contribution >= 0.6 is 0 Å². The van der Waals surface area contributed by atoms with Crippen molar-refractivity contribution < 1.29 is 5.11 Å². The maximum Gasteiger partial charge on any atom is 0.137 e. The molecule has 0 saturated heterocycles. The first-order chi connectivity index (χ1) is 9.24. The fraction of sp³-hybridized carbons (Fsp3) is 0.429. The Labute approximate surface area is 112 Å². The predicted molar refractivity (Wildman–Crippen MR) is 72.5 cm³/mol. The maximum atomic E-state index is 8.91. The van der Waals surface area contributed by atoms with Gasteiger partial charge in [-0.05, 0) is 31.0 Å². The molecule has 0 aliphatic carbocycles. The quantitative estimate of drug-likeness (QED) is 0.819. The Morgan fingerprint density at radius 3 is 3.11 bits per heavy atom. The van der Waals surface area contributed by atoms with E-state index in [1.54, 1.807) is 12.3 Å². The summed E-state index contributed by atoms with van der Waals surface area (Å²) in [4.78, 5) is 4.30. The molecule has 0 saturated carbocycles. The summed E-state index contributed by atoms with van der Waals surface area (Å²) in [6.45, 7) is 3.88. The van der Waals surface area contributed by atoms with Gasteiger partial charge in [-0.15, -0.1) is 0 Å². The van der Waals surface area contributed by atoms with Gasteiger partial charge < -0.3 is 14.8 Å². The second-order valence-corrected chi connectivity index (χ2v) is 4.76. The van der Waals surface area contributed by atoms with Gasteiger partial charge in [-0.25, -0.2) is 4.98 Å². The number of nitrogens with one attached hydrogen (secondary N) is 1. The fourth-order valence-electron chi connectivity index (χ4n) is 2.00. The van der Waals surface area contributed by atoms with Gasteiger partial charge in [0.05, 0.1) is 17.5 Å². The van der Waals surface area contributed by atoms with Crippen LogP contribution in [0.4, 0.5) is 0 Å². The molecular formula is C14H18N4O. The first-order valence-corrected chi connectivity index (χ1v) is 6.42. The third-order valence-electron chi connectivity index (χ3n) is 3.13. The molecule has 2 aromatic rings. The summed E-state index contributed by atoms with van der Waals surface area (Å²) in [7, 11) is 0. The first kappa shape index (κ1) is 13.5. The van der Waals surface area contributed by atoms with Gasteiger partial charge in [0.1, 0.15) is 11.7 Å². The Bertz CT molecular complexity index is 585. The van der Waals surface area contributed by atoms with E-state index in [0.29, 0.717) is 18.0 Å². The third-order valence-corrected chi connectivity index (χ3v) is 3.13. The number of nitriles is 1. The van der Waals surface area contributed by atoms with E-state index in [0.717, 1.165) is 24.3 Å². The highest BCUT2D eigenvalue weighted by molar-refractivity contribution is 5.44. The number of hydrogen-bond donors (Lipinski definition) is 2. The van der Waals surface area contributed by atoms with Crippen LogP contribution in [0, 0.1) is 17.2 Å². The molecule has 2 rings (SSSR count). The van der Waals surface area contributed by atoms with Crippen molar-refractivity contribution in [1.82, 2.24) is 14.7 Å². The summed E-state index contributed by atoms with van der Waals surface area (Å²) in [6, 6.07) is 5.74. The van der Waals surface area contributed by atoms with Crippen LogP contribution in [0.15, 0.2) is 24.5 Å². The van der Waals surface area contributed by atoms with Gasteiger partial charge in [0, 0.05) is 19.3 Å². The molecule has 0 aliphatic heterocycles. The van der Waals surface area contributed by atoms with Crippen molar-refractivity contribution >= 4 is 5.65 Å². The van der Waals surface area contributed by atoms with E-state index in [4.69, 9.17) is 10.4 Å². The Hall–Kier alpha value is -1.90. The molecule has 0 fully saturated rings. The van der Waals surface area contributed by atoms with Crippen LogP contribution in [0.1, 0.15) is 24.6 Å². The second kappa shape index (κ2) is 6.32. The van der Waals surface area contributed by atoms with Crippen LogP contribution in [0.3, 0.4) is 0 Å². The molecule has 1 unspecified atom stereocenters. The van der Waals surface area contributed by atoms with Gasteiger partial charge >= 0.3 is 0 Å². The minimum Gasteiger partial charge on any atom is -0.396 e. The lowest BCUT2D eigenvalue weighted by Gasteiger charge is -2.10. The van der Waals surface area contributed by atoms with E-state index in [9.17, 15) is 0 Å². The molecule has 2 aromatic heterocycles. The normalized spacial score (nSPS) is 12.5. The molecule has 100 valence electrons. The number of aliphatic hydroxyl groups is 1. The highest BCUT2D eigenvalue weighted by atomic mass is 16.3. The number of nitrogens with zero attached hydrogens (tertiary/aromatic N) is 3. The summed E-state index contributed by atoms with van der Waals surface area (Å²) in [5.41, 5.74) is 2.50. The number of fused-ring (bicyclic) bond motifs is 1. The maximum absolute atomic E-state index is 8.91. The average Bonchev–Trinajstić information content (AvgIpc) is 2.81. The van der Waals surface area contributed by atoms with Crippen molar-refractivity contribution in [1.29, 1.82) is 5.26 Å². The van der Waals surface area contributed by atoms with Crippen molar-refractivity contribution in [2.45, 2.75) is 19.9 Å². The number of aromatic nitrogens is 2. The van der Waals surface area contributed by atoms with Crippen LogP contribution in [-0.2, 0) is 6.54 Å². The third kappa shape index (κ3) is 3.31. The Kier molecular flexibility index (Phi) is 4.50. The minimum absolute atomic E-state index is 0.226. The van der Waals surface area contributed by atoms with Crippen molar-refractivity contribution in [3.8, 4) is 6.07 Å². The van der Waals surface area contributed by atoms with Crippen LogP contribution in [0.2, 0.25) is 0 Å². The monoisotopic (exact) mass is 258 g/mol. The standard InChI is InChI=1S/C14H18N4O/c1-11(4-5-19)7-16-8-13-9-17-14-3-2-12(6-15)10-18(13)14/h2-3,9-11,16,19H,4-5,7-8H2,1H3. The zero-order valence-electron chi connectivity index (χ0n) is 11.0. The van der Waals surface area contributed by atoms with Gasteiger partial charge in [-0.2, -0.15) is 5.26 Å². The van der Waals surface area contributed by atoms with Gasteiger partial charge in [0.15, 0.2) is 0 Å². The van der Waals surface area contributed by atoms with Gasteiger partial charge in [0.25, 0.3) is 0 Å². The minimum atomic E-state index is 0.226. The lowest BCUT2D eigenvalue weighted by molar-refractivity contribution is 0.260. The number of hydrogen-bond acceptors (Lipinski definition) is 4. The van der Waals surface area contributed by atoms with E-state index >= 15 is 0 Å². The Morgan fingerprint density at radius 1 is 1.53 bits per heavy atom. The molecule has 0 radical (unpaired) electrons. The van der Waals surface area contributed by atoms with Gasteiger partial charge in [-0.1, -0.05) is 6.92 Å².